The molecule has 0 bridgehead atoms. The average Bonchev–Trinajstić information content (AvgIpc) is 3.18. The van der Waals surface area contributed by atoms with Crippen LogP contribution in [0.2, 0.25) is 0 Å². The summed E-state index contributed by atoms with van der Waals surface area (Å²) in [4.78, 5) is 9.41. The van der Waals surface area contributed by atoms with Crippen molar-refractivity contribution in [1.82, 2.24) is 14.5 Å². The zero-order chi connectivity index (χ0) is 19.6. The number of nitrogens with zero attached hydrogens (tertiary/aromatic N) is 4. The molecule has 1 aliphatic heterocycles. The predicted molar refractivity (Wildman–Crippen MR) is 120 cm³/mol. The second kappa shape index (κ2) is 7.72. The molecule has 4 nitrogen and oxygen atoms in total. The second-order valence-corrected chi connectivity index (χ2v) is 7.87. The number of rotatable bonds is 4. The van der Waals surface area contributed by atoms with Crippen molar-refractivity contribution in [1.29, 1.82) is 0 Å². The Bertz CT molecular complexity index is 1110. The van der Waals surface area contributed by atoms with Gasteiger partial charge in [-0.25, -0.2) is 4.98 Å². The van der Waals surface area contributed by atoms with E-state index in [2.05, 4.69) is 93.1 Å². The van der Waals surface area contributed by atoms with Crippen molar-refractivity contribution in [2.75, 3.05) is 38.1 Å². The minimum atomic E-state index is 0.834. The Balaban J connectivity index is 1.39. The monoisotopic (exact) mass is 382 g/mol. The summed E-state index contributed by atoms with van der Waals surface area (Å²) in [5.74, 6) is 0. The number of fused-ring (bicyclic) bond motifs is 1. The largest absolute Gasteiger partial charge is 0.368 e. The molecule has 0 unspecified atom stereocenters. The van der Waals surface area contributed by atoms with Gasteiger partial charge in [0.15, 0.2) is 0 Å². The van der Waals surface area contributed by atoms with Crippen molar-refractivity contribution in [2.24, 2.45) is 0 Å². The Morgan fingerprint density at radius 3 is 2.34 bits per heavy atom. The van der Waals surface area contributed by atoms with E-state index in [0.29, 0.717) is 0 Å². The summed E-state index contributed by atoms with van der Waals surface area (Å²) < 4.78 is 2.21. The quantitative estimate of drug-likeness (QED) is 0.519. The van der Waals surface area contributed by atoms with Gasteiger partial charge in [-0.05, 0) is 36.4 Å². The van der Waals surface area contributed by atoms with E-state index >= 15 is 0 Å². The Morgan fingerprint density at radius 1 is 0.793 bits per heavy atom. The fraction of sp³-hybridized carbons (Fsp3) is 0.240. The highest BCUT2D eigenvalue weighted by molar-refractivity contribution is 5.79. The number of piperazine rings is 1. The Kier molecular flexibility index (Phi) is 4.78. The number of anilines is 1. The van der Waals surface area contributed by atoms with Crippen molar-refractivity contribution in [2.45, 2.75) is 6.54 Å². The van der Waals surface area contributed by atoms with E-state index in [1.807, 2.05) is 12.4 Å². The number of benzene rings is 3. The van der Waals surface area contributed by atoms with Crippen LogP contribution in [0.5, 0.6) is 0 Å². The molecular formula is C25H26N4. The molecule has 5 rings (SSSR count). The average molecular weight is 383 g/mol. The lowest BCUT2D eigenvalue weighted by Crippen LogP contribution is -2.44. The van der Waals surface area contributed by atoms with Crippen LogP contribution < -0.4 is 4.90 Å². The highest BCUT2D eigenvalue weighted by atomic mass is 15.2. The van der Waals surface area contributed by atoms with Crippen LogP contribution in [0.3, 0.4) is 0 Å². The molecule has 146 valence electrons. The van der Waals surface area contributed by atoms with E-state index in [9.17, 15) is 0 Å². The third kappa shape index (κ3) is 3.64. The summed E-state index contributed by atoms with van der Waals surface area (Å²) in [6, 6.07) is 26.1. The smallest absolute Gasteiger partial charge is 0.0961 e. The van der Waals surface area contributed by atoms with Gasteiger partial charge in [-0.2, -0.15) is 0 Å². The standard InChI is InChI=1S/C25H26N4/c1-27-14-16-28(17-15-27)24-8-4-2-6-22(24)21-12-10-20(11-13-21)18-29-19-26-23-7-3-5-9-25(23)29/h2-13,19H,14-18H2,1H3. The minimum absolute atomic E-state index is 0.834. The van der Waals surface area contributed by atoms with Gasteiger partial charge >= 0.3 is 0 Å². The van der Waals surface area contributed by atoms with Crippen LogP contribution in [-0.2, 0) is 6.54 Å². The van der Waals surface area contributed by atoms with Gasteiger partial charge in [0.25, 0.3) is 0 Å². The summed E-state index contributed by atoms with van der Waals surface area (Å²) in [5.41, 5.74) is 7.44. The maximum absolute atomic E-state index is 4.50. The van der Waals surface area contributed by atoms with E-state index < -0.39 is 0 Å². The van der Waals surface area contributed by atoms with E-state index in [0.717, 1.165) is 38.2 Å². The van der Waals surface area contributed by atoms with Gasteiger partial charge in [-0.3, -0.25) is 0 Å². The molecule has 1 aromatic heterocycles. The Labute approximate surface area is 172 Å². The second-order valence-electron chi connectivity index (χ2n) is 7.87. The first-order valence-electron chi connectivity index (χ1n) is 10.3. The summed E-state index contributed by atoms with van der Waals surface area (Å²) in [7, 11) is 2.20. The lowest BCUT2D eigenvalue weighted by atomic mass is 10.0. The molecule has 3 aromatic carbocycles. The lowest BCUT2D eigenvalue weighted by molar-refractivity contribution is 0.313. The van der Waals surface area contributed by atoms with Gasteiger partial charge < -0.3 is 14.4 Å². The minimum Gasteiger partial charge on any atom is -0.368 e. The van der Waals surface area contributed by atoms with Gasteiger partial charge in [-0.1, -0.05) is 54.6 Å². The highest BCUT2D eigenvalue weighted by Gasteiger charge is 2.17. The molecule has 2 heterocycles. The van der Waals surface area contributed by atoms with Crippen molar-refractivity contribution >= 4 is 16.7 Å². The topological polar surface area (TPSA) is 24.3 Å². The van der Waals surface area contributed by atoms with Gasteiger partial charge in [0.1, 0.15) is 0 Å². The van der Waals surface area contributed by atoms with E-state index in [4.69, 9.17) is 0 Å². The fourth-order valence-corrected chi connectivity index (χ4v) is 4.16. The van der Waals surface area contributed by atoms with Gasteiger partial charge in [0, 0.05) is 44.0 Å². The van der Waals surface area contributed by atoms with Crippen LogP contribution in [0.4, 0.5) is 5.69 Å². The summed E-state index contributed by atoms with van der Waals surface area (Å²) in [6.45, 7) is 5.23. The first kappa shape index (κ1) is 18.0. The van der Waals surface area contributed by atoms with Crippen molar-refractivity contribution in [3.63, 3.8) is 0 Å². The fourth-order valence-electron chi connectivity index (χ4n) is 4.16. The zero-order valence-electron chi connectivity index (χ0n) is 16.8. The third-order valence-corrected chi connectivity index (χ3v) is 5.89. The lowest BCUT2D eigenvalue weighted by Gasteiger charge is -2.35. The molecule has 0 radical (unpaired) electrons. The summed E-state index contributed by atoms with van der Waals surface area (Å²) >= 11 is 0. The number of hydrogen-bond donors (Lipinski definition) is 0. The van der Waals surface area contributed by atoms with Crippen LogP contribution in [0.25, 0.3) is 22.2 Å². The first-order valence-corrected chi connectivity index (χ1v) is 10.3. The zero-order valence-corrected chi connectivity index (χ0v) is 16.8. The molecule has 0 amide bonds. The number of para-hydroxylation sites is 3. The summed E-state index contributed by atoms with van der Waals surface area (Å²) in [5, 5.41) is 0. The number of hydrogen-bond acceptors (Lipinski definition) is 3. The molecule has 0 aliphatic carbocycles. The van der Waals surface area contributed by atoms with E-state index in [1.54, 1.807) is 0 Å². The van der Waals surface area contributed by atoms with Crippen molar-refractivity contribution in [3.05, 3.63) is 84.7 Å². The molecule has 4 aromatic rings. The molecule has 1 saturated heterocycles. The normalized spacial score (nSPS) is 15.1. The van der Waals surface area contributed by atoms with Gasteiger partial charge in [-0.15, -0.1) is 0 Å². The van der Waals surface area contributed by atoms with Crippen molar-refractivity contribution in [3.8, 4) is 11.1 Å². The molecule has 0 saturated carbocycles. The van der Waals surface area contributed by atoms with Crippen LogP contribution >= 0.6 is 0 Å². The van der Waals surface area contributed by atoms with Crippen LogP contribution in [0, 0.1) is 0 Å². The molecule has 1 aliphatic rings. The first-order chi connectivity index (χ1) is 14.3. The molecule has 0 atom stereocenters. The van der Waals surface area contributed by atoms with Gasteiger partial charge in [0.2, 0.25) is 0 Å². The maximum Gasteiger partial charge on any atom is 0.0961 e. The Morgan fingerprint density at radius 2 is 1.52 bits per heavy atom. The molecular weight excluding hydrogens is 356 g/mol. The van der Waals surface area contributed by atoms with E-state index in [-0.39, 0.29) is 0 Å². The molecule has 1 fully saturated rings. The number of aromatic nitrogens is 2. The summed E-state index contributed by atoms with van der Waals surface area (Å²) in [6.07, 6.45) is 1.93. The third-order valence-electron chi connectivity index (χ3n) is 5.89. The van der Waals surface area contributed by atoms with Crippen molar-refractivity contribution < 1.29 is 0 Å². The maximum atomic E-state index is 4.50. The molecule has 29 heavy (non-hydrogen) atoms. The van der Waals surface area contributed by atoms with Crippen LogP contribution in [0.1, 0.15) is 5.56 Å². The van der Waals surface area contributed by atoms with E-state index in [1.165, 1.54) is 27.9 Å². The molecule has 0 spiro atoms. The predicted octanol–water partition coefficient (Wildman–Crippen LogP) is 4.50. The number of likely N-dealkylation sites (N-methyl/N-ethyl adjacent to an activating group) is 1. The highest BCUT2D eigenvalue weighted by Crippen LogP contribution is 2.31. The van der Waals surface area contributed by atoms with Crippen LogP contribution in [-0.4, -0.2) is 47.7 Å². The Hall–Kier alpha value is -3.11. The van der Waals surface area contributed by atoms with Crippen LogP contribution in [0.15, 0.2) is 79.1 Å². The molecule has 0 N–H and O–H groups in total. The number of imidazole rings is 1. The van der Waals surface area contributed by atoms with Gasteiger partial charge in [0.05, 0.1) is 17.4 Å². The molecule has 4 heteroatoms. The SMILES string of the molecule is CN1CCN(c2ccccc2-c2ccc(Cn3cnc4ccccc43)cc2)CC1.